The SMILES string of the molecule is Cc1c(CNC2CCCC(C(F)(F)F)C2)cnn1C. The van der Waals surface area contributed by atoms with Gasteiger partial charge in [-0.2, -0.15) is 18.3 Å². The van der Waals surface area contributed by atoms with Crippen LogP contribution in [0.1, 0.15) is 36.9 Å². The summed E-state index contributed by atoms with van der Waals surface area (Å²) in [6.45, 7) is 2.55. The van der Waals surface area contributed by atoms with Crippen molar-refractivity contribution in [2.24, 2.45) is 13.0 Å². The summed E-state index contributed by atoms with van der Waals surface area (Å²) in [7, 11) is 1.86. The molecule has 2 unspecified atom stereocenters. The molecule has 6 heteroatoms. The van der Waals surface area contributed by atoms with Gasteiger partial charge in [-0.05, 0) is 26.2 Å². The molecule has 1 aromatic heterocycles. The number of nitrogens with one attached hydrogen (secondary N) is 1. The molecule has 2 atom stereocenters. The largest absolute Gasteiger partial charge is 0.391 e. The van der Waals surface area contributed by atoms with Crippen molar-refractivity contribution in [2.45, 2.75) is 51.4 Å². The average Bonchev–Trinajstić information content (AvgIpc) is 2.67. The van der Waals surface area contributed by atoms with Gasteiger partial charge in [-0.25, -0.2) is 0 Å². The van der Waals surface area contributed by atoms with Crippen molar-refractivity contribution in [1.29, 1.82) is 0 Å². The van der Waals surface area contributed by atoms with Gasteiger partial charge < -0.3 is 5.32 Å². The Bertz CT molecular complexity index is 425. The first-order valence-electron chi connectivity index (χ1n) is 6.65. The van der Waals surface area contributed by atoms with Gasteiger partial charge in [0, 0.05) is 30.9 Å². The lowest BCUT2D eigenvalue weighted by molar-refractivity contribution is -0.183. The lowest BCUT2D eigenvalue weighted by atomic mass is 9.85. The minimum absolute atomic E-state index is 0.0417. The van der Waals surface area contributed by atoms with Crippen LogP contribution in [0.5, 0.6) is 0 Å². The Hall–Kier alpha value is -1.04. The molecule has 0 amide bonds. The Labute approximate surface area is 111 Å². The highest BCUT2D eigenvalue weighted by atomic mass is 19.4. The van der Waals surface area contributed by atoms with Crippen molar-refractivity contribution < 1.29 is 13.2 Å². The average molecular weight is 275 g/mol. The normalized spacial score (nSPS) is 24.7. The van der Waals surface area contributed by atoms with Crippen molar-refractivity contribution >= 4 is 0 Å². The van der Waals surface area contributed by atoms with Gasteiger partial charge in [-0.1, -0.05) is 6.42 Å². The van der Waals surface area contributed by atoms with E-state index in [4.69, 9.17) is 0 Å². The Morgan fingerprint density at radius 1 is 1.42 bits per heavy atom. The molecule has 1 fully saturated rings. The van der Waals surface area contributed by atoms with Crippen LogP contribution in [-0.4, -0.2) is 22.0 Å². The molecule has 0 bridgehead atoms. The summed E-state index contributed by atoms with van der Waals surface area (Å²) in [5.41, 5.74) is 2.10. The second-order valence-corrected chi connectivity index (χ2v) is 5.36. The number of rotatable bonds is 3. The zero-order valence-corrected chi connectivity index (χ0v) is 11.3. The molecule has 19 heavy (non-hydrogen) atoms. The topological polar surface area (TPSA) is 29.9 Å². The molecule has 0 aromatic carbocycles. The van der Waals surface area contributed by atoms with Gasteiger partial charge in [0.1, 0.15) is 0 Å². The summed E-state index contributed by atoms with van der Waals surface area (Å²) in [4.78, 5) is 0. The third kappa shape index (κ3) is 3.49. The van der Waals surface area contributed by atoms with Gasteiger partial charge >= 0.3 is 6.18 Å². The fourth-order valence-corrected chi connectivity index (χ4v) is 2.64. The van der Waals surface area contributed by atoms with E-state index in [1.54, 1.807) is 10.9 Å². The van der Waals surface area contributed by atoms with Crippen LogP contribution in [0, 0.1) is 12.8 Å². The molecule has 0 saturated heterocycles. The highest BCUT2D eigenvalue weighted by Crippen LogP contribution is 2.37. The van der Waals surface area contributed by atoms with E-state index < -0.39 is 12.1 Å². The van der Waals surface area contributed by atoms with Crippen LogP contribution in [0.25, 0.3) is 0 Å². The predicted octanol–water partition coefficient (Wildman–Crippen LogP) is 2.94. The van der Waals surface area contributed by atoms with Crippen molar-refractivity contribution in [3.63, 3.8) is 0 Å². The van der Waals surface area contributed by atoms with Gasteiger partial charge in [0.25, 0.3) is 0 Å². The number of hydrogen-bond donors (Lipinski definition) is 1. The Morgan fingerprint density at radius 3 is 2.74 bits per heavy atom. The number of aromatic nitrogens is 2. The fourth-order valence-electron chi connectivity index (χ4n) is 2.64. The Balaban J connectivity index is 1.88. The maximum absolute atomic E-state index is 12.7. The molecule has 0 aliphatic heterocycles. The lowest BCUT2D eigenvalue weighted by Crippen LogP contribution is -2.38. The summed E-state index contributed by atoms with van der Waals surface area (Å²) in [5.74, 6) is -1.14. The minimum atomic E-state index is -4.05. The first-order valence-corrected chi connectivity index (χ1v) is 6.65. The molecule has 3 nitrogen and oxygen atoms in total. The van der Waals surface area contributed by atoms with Crippen LogP contribution >= 0.6 is 0 Å². The molecule has 1 heterocycles. The minimum Gasteiger partial charge on any atom is -0.310 e. The molecule has 1 aromatic rings. The van der Waals surface area contributed by atoms with Gasteiger partial charge in [0.2, 0.25) is 0 Å². The number of alkyl halides is 3. The first-order chi connectivity index (χ1) is 8.88. The second-order valence-electron chi connectivity index (χ2n) is 5.36. The highest BCUT2D eigenvalue weighted by Gasteiger charge is 2.41. The van der Waals surface area contributed by atoms with Crippen LogP contribution < -0.4 is 5.32 Å². The van der Waals surface area contributed by atoms with Crippen molar-refractivity contribution in [1.82, 2.24) is 15.1 Å². The summed E-state index contributed by atoms with van der Waals surface area (Å²) < 4.78 is 39.9. The van der Waals surface area contributed by atoms with E-state index in [0.717, 1.165) is 17.7 Å². The maximum Gasteiger partial charge on any atom is 0.391 e. The van der Waals surface area contributed by atoms with Crippen LogP contribution in [0.4, 0.5) is 13.2 Å². The van der Waals surface area contributed by atoms with E-state index in [1.165, 1.54) is 0 Å². The molecule has 1 aliphatic carbocycles. The molecule has 0 spiro atoms. The molecule has 2 rings (SSSR count). The second kappa shape index (κ2) is 5.53. The maximum atomic E-state index is 12.7. The molecule has 108 valence electrons. The molecule has 1 saturated carbocycles. The third-order valence-corrected chi connectivity index (χ3v) is 4.06. The van der Waals surface area contributed by atoms with Gasteiger partial charge in [-0.15, -0.1) is 0 Å². The quantitative estimate of drug-likeness (QED) is 0.919. The van der Waals surface area contributed by atoms with Crippen molar-refractivity contribution in [3.05, 3.63) is 17.5 Å². The third-order valence-electron chi connectivity index (χ3n) is 4.06. The smallest absolute Gasteiger partial charge is 0.310 e. The summed E-state index contributed by atoms with van der Waals surface area (Å²) in [5, 5.41) is 7.37. The summed E-state index contributed by atoms with van der Waals surface area (Å²) >= 11 is 0. The fraction of sp³-hybridized carbons (Fsp3) is 0.769. The monoisotopic (exact) mass is 275 g/mol. The van der Waals surface area contributed by atoms with E-state index in [-0.39, 0.29) is 18.9 Å². The highest BCUT2D eigenvalue weighted by molar-refractivity contribution is 5.15. The summed E-state index contributed by atoms with van der Waals surface area (Å²) in [6, 6.07) is -0.0417. The molecular formula is C13H20F3N3. The van der Waals surface area contributed by atoms with E-state index >= 15 is 0 Å². The van der Waals surface area contributed by atoms with Crippen molar-refractivity contribution in [3.8, 4) is 0 Å². The van der Waals surface area contributed by atoms with Gasteiger partial charge in [0.05, 0.1) is 12.1 Å². The number of halogens is 3. The number of hydrogen-bond acceptors (Lipinski definition) is 2. The lowest BCUT2D eigenvalue weighted by Gasteiger charge is -2.31. The van der Waals surface area contributed by atoms with Crippen molar-refractivity contribution in [2.75, 3.05) is 0 Å². The van der Waals surface area contributed by atoms with Gasteiger partial charge in [-0.3, -0.25) is 4.68 Å². The zero-order valence-electron chi connectivity index (χ0n) is 11.3. The molecule has 0 radical (unpaired) electrons. The molecule has 1 aliphatic rings. The van der Waals surface area contributed by atoms with E-state index in [9.17, 15) is 13.2 Å². The van der Waals surface area contributed by atoms with Crippen LogP contribution in [0.3, 0.4) is 0 Å². The predicted molar refractivity (Wildman–Crippen MR) is 66.6 cm³/mol. The van der Waals surface area contributed by atoms with Crippen LogP contribution in [0.15, 0.2) is 6.20 Å². The Morgan fingerprint density at radius 2 is 2.16 bits per heavy atom. The van der Waals surface area contributed by atoms with E-state index in [1.807, 2.05) is 14.0 Å². The zero-order chi connectivity index (χ0) is 14.0. The molecular weight excluding hydrogens is 255 g/mol. The Kier molecular flexibility index (Phi) is 4.18. The molecule has 1 N–H and O–H groups in total. The number of aryl methyl sites for hydroxylation is 1. The van der Waals surface area contributed by atoms with Crippen LogP contribution in [0.2, 0.25) is 0 Å². The summed E-state index contributed by atoms with van der Waals surface area (Å²) in [6.07, 6.45) is -0.340. The number of nitrogens with zero attached hydrogens (tertiary/aromatic N) is 2. The van der Waals surface area contributed by atoms with E-state index in [2.05, 4.69) is 10.4 Å². The standard InChI is InChI=1S/C13H20F3N3/c1-9-10(8-18-19(9)2)7-17-12-5-3-4-11(6-12)13(14,15)16/h8,11-12,17H,3-7H2,1-2H3. The van der Waals surface area contributed by atoms with Crippen LogP contribution in [-0.2, 0) is 13.6 Å². The van der Waals surface area contributed by atoms with E-state index in [0.29, 0.717) is 13.0 Å². The van der Waals surface area contributed by atoms with Gasteiger partial charge in [0.15, 0.2) is 0 Å². The first kappa shape index (κ1) is 14.4.